The molecule has 8 nitrogen and oxygen atoms in total. The summed E-state index contributed by atoms with van der Waals surface area (Å²) >= 11 is 0. The van der Waals surface area contributed by atoms with Crippen molar-refractivity contribution in [2.75, 3.05) is 18.4 Å². The Hall–Kier alpha value is -2.13. The minimum Gasteiger partial charge on any atom is -0.356 e. The van der Waals surface area contributed by atoms with Gasteiger partial charge < -0.3 is 10.3 Å². The number of aromatic amines is 2. The summed E-state index contributed by atoms with van der Waals surface area (Å²) in [5.74, 6) is 0.0145. The first-order valence-corrected chi connectivity index (χ1v) is 8.01. The fourth-order valence-corrected chi connectivity index (χ4v) is 3.76. The Morgan fingerprint density at radius 3 is 2.76 bits per heavy atom. The lowest BCUT2D eigenvalue weighted by atomic mass is 10.4. The van der Waals surface area contributed by atoms with Crippen LogP contribution in [0.25, 0.3) is 0 Å². The van der Waals surface area contributed by atoms with E-state index < -0.39 is 15.9 Å². The van der Waals surface area contributed by atoms with Gasteiger partial charge in [-0.25, -0.2) is 8.42 Å². The molecule has 0 bridgehead atoms. The Labute approximate surface area is 121 Å². The first-order valence-electron chi connectivity index (χ1n) is 6.57. The lowest BCUT2D eigenvalue weighted by Crippen LogP contribution is -2.27. The van der Waals surface area contributed by atoms with Crippen molar-refractivity contribution in [2.45, 2.75) is 17.7 Å². The molecule has 1 amide bonds. The highest BCUT2D eigenvalue weighted by Gasteiger charge is 2.28. The summed E-state index contributed by atoms with van der Waals surface area (Å²) in [7, 11) is -3.51. The molecular weight excluding hydrogens is 294 g/mol. The van der Waals surface area contributed by atoms with Crippen LogP contribution in [-0.4, -0.2) is 46.9 Å². The third-order valence-electron chi connectivity index (χ3n) is 3.35. The maximum Gasteiger partial charge on any atom is 0.273 e. The normalized spacial score (nSPS) is 16.2. The van der Waals surface area contributed by atoms with E-state index >= 15 is 0 Å². The smallest absolute Gasteiger partial charge is 0.273 e. The van der Waals surface area contributed by atoms with Gasteiger partial charge in [-0.05, 0) is 18.9 Å². The molecule has 2 aromatic rings. The zero-order chi connectivity index (χ0) is 14.9. The largest absolute Gasteiger partial charge is 0.356 e. The molecule has 0 aromatic carbocycles. The van der Waals surface area contributed by atoms with Gasteiger partial charge in [-0.1, -0.05) is 0 Å². The second-order valence-corrected chi connectivity index (χ2v) is 6.72. The number of nitrogens with zero attached hydrogens (tertiary/aromatic N) is 2. The van der Waals surface area contributed by atoms with Crippen molar-refractivity contribution in [1.82, 2.24) is 19.5 Å². The molecule has 3 N–H and O–H groups in total. The number of carbonyl (C=O) groups is 1. The number of carbonyl (C=O) groups excluding carboxylic acids is 1. The average molecular weight is 309 g/mol. The maximum atomic E-state index is 12.3. The van der Waals surface area contributed by atoms with Gasteiger partial charge in [0.15, 0.2) is 0 Å². The van der Waals surface area contributed by atoms with Crippen molar-refractivity contribution in [2.24, 2.45) is 0 Å². The Bertz CT molecular complexity index is 729. The predicted octanol–water partition coefficient (Wildman–Crippen LogP) is 0.775. The third kappa shape index (κ3) is 2.69. The Morgan fingerprint density at radius 1 is 1.33 bits per heavy atom. The average Bonchev–Trinajstić information content (AvgIpc) is 3.20. The molecule has 9 heteroatoms. The second kappa shape index (κ2) is 5.34. The Balaban J connectivity index is 1.78. The van der Waals surface area contributed by atoms with Crippen molar-refractivity contribution in [3.63, 3.8) is 0 Å². The topological polar surface area (TPSA) is 111 Å². The molecule has 1 fully saturated rings. The van der Waals surface area contributed by atoms with Crippen LogP contribution in [0.15, 0.2) is 29.4 Å². The minimum absolute atomic E-state index is 0.110. The molecule has 0 radical (unpaired) electrons. The number of amides is 1. The number of anilines is 1. The zero-order valence-corrected chi connectivity index (χ0v) is 12.0. The van der Waals surface area contributed by atoms with E-state index in [0.29, 0.717) is 18.9 Å². The molecule has 3 heterocycles. The standard InChI is InChI=1S/C12H15N5O3S/c18-12(15-11-3-4-14-16-11)10-7-9(8-13-10)21(19,20)17-5-1-2-6-17/h3-4,7-8,13H,1-2,5-6H2,(H2,14,15,16,18). The third-order valence-corrected chi connectivity index (χ3v) is 5.23. The molecule has 1 aliphatic heterocycles. The van der Waals surface area contributed by atoms with E-state index in [1.807, 2.05) is 0 Å². The fourth-order valence-electron chi connectivity index (χ4n) is 2.25. The lowest BCUT2D eigenvalue weighted by molar-refractivity contribution is 0.102. The molecule has 0 saturated carbocycles. The maximum absolute atomic E-state index is 12.3. The molecule has 2 aromatic heterocycles. The fraction of sp³-hybridized carbons (Fsp3) is 0.333. The van der Waals surface area contributed by atoms with Crippen LogP contribution < -0.4 is 5.32 Å². The molecule has 112 valence electrons. The van der Waals surface area contributed by atoms with Crippen LogP contribution in [0.5, 0.6) is 0 Å². The molecular formula is C12H15N5O3S. The number of aromatic nitrogens is 3. The van der Waals surface area contributed by atoms with Crippen LogP contribution in [0, 0.1) is 0 Å². The summed E-state index contributed by atoms with van der Waals surface area (Å²) in [6.07, 6.45) is 4.59. The van der Waals surface area contributed by atoms with Gasteiger partial charge >= 0.3 is 0 Å². The van der Waals surface area contributed by atoms with Crippen LogP contribution in [0.3, 0.4) is 0 Å². The van der Waals surface area contributed by atoms with Gasteiger partial charge in [0.1, 0.15) is 16.4 Å². The number of rotatable bonds is 4. The number of nitrogens with one attached hydrogen (secondary N) is 3. The Morgan fingerprint density at radius 2 is 2.10 bits per heavy atom. The molecule has 0 spiro atoms. The van der Waals surface area contributed by atoms with Gasteiger partial charge in [-0.15, -0.1) is 0 Å². The highest BCUT2D eigenvalue weighted by atomic mass is 32.2. The predicted molar refractivity (Wildman–Crippen MR) is 75.3 cm³/mol. The van der Waals surface area contributed by atoms with E-state index in [0.717, 1.165) is 12.8 Å². The van der Waals surface area contributed by atoms with Crippen molar-refractivity contribution in [3.8, 4) is 0 Å². The van der Waals surface area contributed by atoms with Gasteiger partial charge in [0.2, 0.25) is 10.0 Å². The van der Waals surface area contributed by atoms with E-state index in [2.05, 4.69) is 20.5 Å². The monoisotopic (exact) mass is 309 g/mol. The van der Waals surface area contributed by atoms with E-state index in [9.17, 15) is 13.2 Å². The van der Waals surface area contributed by atoms with E-state index in [1.54, 1.807) is 6.07 Å². The second-order valence-electron chi connectivity index (χ2n) is 4.78. The summed E-state index contributed by atoms with van der Waals surface area (Å²) in [5, 5.41) is 8.89. The van der Waals surface area contributed by atoms with E-state index in [4.69, 9.17) is 0 Å². The van der Waals surface area contributed by atoms with Crippen LogP contribution >= 0.6 is 0 Å². The van der Waals surface area contributed by atoms with Crippen LogP contribution in [0.2, 0.25) is 0 Å². The highest BCUT2D eigenvalue weighted by Crippen LogP contribution is 2.21. The molecule has 0 unspecified atom stereocenters. The van der Waals surface area contributed by atoms with Gasteiger partial charge in [-0.3, -0.25) is 9.89 Å². The minimum atomic E-state index is -3.51. The van der Waals surface area contributed by atoms with Gasteiger partial charge in [0, 0.05) is 25.4 Å². The molecule has 1 saturated heterocycles. The number of hydrogen-bond acceptors (Lipinski definition) is 4. The molecule has 0 aliphatic carbocycles. The first-order chi connectivity index (χ1) is 10.1. The molecule has 1 aliphatic rings. The number of H-pyrrole nitrogens is 2. The van der Waals surface area contributed by atoms with Crippen LogP contribution in [0.1, 0.15) is 23.3 Å². The molecule has 3 rings (SSSR count). The van der Waals surface area contributed by atoms with Crippen molar-refractivity contribution in [3.05, 3.63) is 30.2 Å². The summed E-state index contributed by atoms with van der Waals surface area (Å²) in [6.45, 7) is 1.06. The molecule has 21 heavy (non-hydrogen) atoms. The summed E-state index contributed by atoms with van der Waals surface area (Å²) in [5.41, 5.74) is 0.183. The van der Waals surface area contributed by atoms with Gasteiger partial charge in [-0.2, -0.15) is 9.40 Å². The zero-order valence-electron chi connectivity index (χ0n) is 11.2. The highest BCUT2D eigenvalue weighted by molar-refractivity contribution is 7.89. The summed E-state index contributed by atoms with van der Waals surface area (Å²) in [6, 6.07) is 2.95. The van der Waals surface area contributed by atoms with Crippen molar-refractivity contribution >= 4 is 21.7 Å². The SMILES string of the molecule is O=C(Nc1ccn[nH]1)c1cc(S(=O)(=O)N2CCCC2)c[nH]1. The molecule has 0 atom stereocenters. The lowest BCUT2D eigenvalue weighted by Gasteiger charge is -2.13. The van der Waals surface area contributed by atoms with Crippen molar-refractivity contribution in [1.29, 1.82) is 0 Å². The van der Waals surface area contributed by atoms with Crippen molar-refractivity contribution < 1.29 is 13.2 Å². The summed E-state index contributed by atoms with van der Waals surface area (Å²) < 4.78 is 26.1. The van der Waals surface area contributed by atoms with Gasteiger partial charge in [0.25, 0.3) is 5.91 Å². The summed E-state index contributed by atoms with van der Waals surface area (Å²) in [4.78, 5) is 14.8. The van der Waals surface area contributed by atoms with Gasteiger partial charge in [0.05, 0.1) is 6.20 Å². The number of sulfonamides is 1. The quantitative estimate of drug-likeness (QED) is 0.774. The Kier molecular flexibility index (Phi) is 3.52. The van der Waals surface area contributed by atoms with Crippen LogP contribution in [0.4, 0.5) is 5.82 Å². The van der Waals surface area contributed by atoms with E-state index in [-0.39, 0.29) is 10.6 Å². The van der Waals surface area contributed by atoms with Crippen LogP contribution in [-0.2, 0) is 10.0 Å². The van der Waals surface area contributed by atoms with E-state index in [1.165, 1.54) is 22.8 Å². The first kappa shape index (κ1) is 13.8. The number of hydrogen-bond donors (Lipinski definition) is 3.